The first kappa shape index (κ1) is 20.8. The van der Waals surface area contributed by atoms with Crippen molar-refractivity contribution in [3.8, 4) is 11.1 Å². The molecule has 0 bridgehead atoms. The lowest BCUT2D eigenvalue weighted by molar-refractivity contribution is -0.115. The number of carbonyl (C=O) groups is 1. The van der Waals surface area contributed by atoms with Crippen LogP contribution in [0.2, 0.25) is 0 Å². The van der Waals surface area contributed by atoms with E-state index < -0.39 is 0 Å². The summed E-state index contributed by atoms with van der Waals surface area (Å²) in [5.41, 5.74) is 5.47. The van der Waals surface area contributed by atoms with E-state index in [1.165, 1.54) is 16.8 Å². The maximum absolute atomic E-state index is 11.8. The first-order valence-corrected chi connectivity index (χ1v) is 9.89. The van der Waals surface area contributed by atoms with E-state index in [4.69, 9.17) is 0 Å². The Labute approximate surface area is 164 Å². The van der Waals surface area contributed by atoms with Crippen molar-refractivity contribution in [3.63, 3.8) is 0 Å². The summed E-state index contributed by atoms with van der Waals surface area (Å²) in [5.74, 6) is 0.137. The third kappa shape index (κ3) is 5.46. The molecule has 3 heteroatoms. The van der Waals surface area contributed by atoms with Crippen molar-refractivity contribution in [2.45, 2.75) is 34.1 Å². The quantitative estimate of drug-likeness (QED) is 0.516. The smallest absolute Gasteiger partial charge is 0.159 e. The van der Waals surface area contributed by atoms with Crippen LogP contribution < -0.4 is 9.80 Å². The van der Waals surface area contributed by atoms with Crippen LogP contribution in [0.5, 0.6) is 0 Å². The highest BCUT2D eigenvalue weighted by Gasteiger charge is 2.09. The molecule has 0 spiro atoms. The third-order valence-electron chi connectivity index (χ3n) is 5.03. The molecule has 0 fully saturated rings. The van der Waals surface area contributed by atoms with Crippen molar-refractivity contribution < 1.29 is 4.79 Å². The first-order valence-electron chi connectivity index (χ1n) is 9.89. The highest BCUT2D eigenvalue weighted by Crippen LogP contribution is 2.26. The molecule has 0 aliphatic rings. The summed E-state index contributed by atoms with van der Waals surface area (Å²) in [6, 6.07) is 17.4. The van der Waals surface area contributed by atoms with Gasteiger partial charge in [-0.1, -0.05) is 30.8 Å². The summed E-state index contributed by atoms with van der Waals surface area (Å²) in [7, 11) is 0. The van der Waals surface area contributed by atoms with Crippen LogP contribution >= 0.6 is 0 Å². The van der Waals surface area contributed by atoms with Crippen LogP contribution in [0, 0.1) is 0 Å². The molecule has 0 heterocycles. The number of benzene rings is 2. The van der Waals surface area contributed by atoms with Gasteiger partial charge in [-0.15, -0.1) is 0 Å². The largest absolute Gasteiger partial charge is 0.372 e. The van der Waals surface area contributed by atoms with E-state index in [9.17, 15) is 4.79 Å². The molecule has 0 N–H and O–H groups in total. The number of Topliss-reactive ketones (excluding diaryl/α,β-unsaturated/α-hetero) is 1. The van der Waals surface area contributed by atoms with E-state index in [0.29, 0.717) is 12.0 Å². The summed E-state index contributed by atoms with van der Waals surface area (Å²) in [6.07, 6.45) is 0.512. The number of carbonyl (C=O) groups excluding carboxylic acids is 1. The normalized spacial score (nSPS) is 10.5. The minimum absolute atomic E-state index is 0.137. The molecule has 0 saturated heterocycles. The molecule has 0 saturated carbocycles. The zero-order valence-corrected chi connectivity index (χ0v) is 17.2. The number of anilines is 2. The Morgan fingerprint density at radius 3 is 1.56 bits per heavy atom. The van der Waals surface area contributed by atoms with E-state index >= 15 is 0 Å². The fourth-order valence-electron chi connectivity index (χ4n) is 3.24. The van der Waals surface area contributed by atoms with E-state index in [2.05, 4.69) is 85.7 Å². The molecule has 0 radical (unpaired) electrons. The molecule has 2 rings (SSSR count). The fraction of sp³-hybridized carbons (Fsp3) is 0.375. The van der Waals surface area contributed by atoms with Gasteiger partial charge in [-0.25, -0.2) is 0 Å². The molecule has 2 aromatic rings. The summed E-state index contributed by atoms with van der Waals surface area (Å²) in [5, 5.41) is 0. The third-order valence-corrected chi connectivity index (χ3v) is 5.03. The average molecular weight is 365 g/mol. The van der Waals surface area contributed by atoms with Crippen LogP contribution in [0.15, 0.2) is 60.7 Å². The Kier molecular flexibility index (Phi) is 7.66. The zero-order valence-electron chi connectivity index (χ0n) is 17.2. The standard InChI is InChI=1S/C24H32N2O/c1-6-25(7-2)22-13-9-20(10-14-22)21-11-15-23(16-12-21)26(8-3)18-17-24(27)19(4)5/h9-16H,4,6-8,17-18H2,1-3,5H3. The van der Waals surface area contributed by atoms with Crippen LogP contribution in [0.1, 0.15) is 34.1 Å². The lowest BCUT2D eigenvalue weighted by atomic mass is 10.0. The molecule has 2 aromatic carbocycles. The van der Waals surface area contributed by atoms with Crippen molar-refractivity contribution >= 4 is 17.2 Å². The van der Waals surface area contributed by atoms with Crippen LogP contribution in [0.4, 0.5) is 11.4 Å². The average Bonchev–Trinajstić information content (AvgIpc) is 2.70. The van der Waals surface area contributed by atoms with Crippen molar-refractivity contribution in [2.75, 3.05) is 36.0 Å². The lowest BCUT2D eigenvalue weighted by Gasteiger charge is -2.23. The maximum Gasteiger partial charge on any atom is 0.159 e. The summed E-state index contributed by atoms with van der Waals surface area (Å²) in [6.45, 7) is 15.6. The van der Waals surface area contributed by atoms with Gasteiger partial charge in [-0.3, -0.25) is 4.79 Å². The SMILES string of the molecule is C=C(C)C(=O)CCN(CC)c1ccc(-c2ccc(N(CC)CC)cc2)cc1. The predicted molar refractivity (Wildman–Crippen MR) is 118 cm³/mol. The van der Waals surface area contributed by atoms with Gasteiger partial charge in [0.05, 0.1) is 0 Å². The zero-order chi connectivity index (χ0) is 19.8. The second-order valence-electron chi connectivity index (χ2n) is 6.80. The van der Waals surface area contributed by atoms with Crippen molar-refractivity contribution in [1.29, 1.82) is 0 Å². The summed E-state index contributed by atoms with van der Waals surface area (Å²) >= 11 is 0. The molecule has 0 aromatic heterocycles. The Morgan fingerprint density at radius 1 is 0.778 bits per heavy atom. The van der Waals surface area contributed by atoms with Crippen molar-refractivity contribution in [3.05, 3.63) is 60.7 Å². The number of nitrogens with zero attached hydrogens (tertiary/aromatic N) is 2. The molecule has 144 valence electrons. The minimum atomic E-state index is 0.137. The number of ketones is 1. The first-order chi connectivity index (χ1) is 13.0. The van der Waals surface area contributed by atoms with E-state index in [1.54, 1.807) is 6.92 Å². The molecule has 0 aliphatic carbocycles. The molecule has 3 nitrogen and oxygen atoms in total. The second kappa shape index (κ2) is 9.96. The van der Waals surface area contributed by atoms with E-state index in [-0.39, 0.29) is 5.78 Å². The van der Waals surface area contributed by atoms with Gasteiger partial charge in [0.15, 0.2) is 5.78 Å². The Hall–Kier alpha value is -2.55. The Bertz CT molecular complexity index is 743. The van der Waals surface area contributed by atoms with Gasteiger partial charge < -0.3 is 9.80 Å². The van der Waals surface area contributed by atoms with Crippen molar-refractivity contribution in [2.24, 2.45) is 0 Å². The molecule has 0 atom stereocenters. The monoisotopic (exact) mass is 364 g/mol. The number of rotatable bonds is 10. The van der Waals surface area contributed by atoms with E-state index in [0.717, 1.165) is 31.9 Å². The van der Waals surface area contributed by atoms with Gasteiger partial charge in [-0.2, -0.15) is 0 Å². The van der Waals surface area contributed by atoms with Crippen LogP contribution in [0.3, 0.4) is 0 Å². The Morgan fingerprint density at radius 2 is 1.19 bits per heavy atom. The van der Waals surface area contributed by atoms with Crippen LogP contribution in [0.25, 0.3) is 11.1 Å². The summed E-state index contributed by atoms with van der Waals surface area (Å²) < 4.78 is 0. The molecular formula is C24H32N2O. The van der Waals surface area contributed by atoms with Crippen LogP contribution in [-0.2, 0) is 4.79 Å². The highest BCUT2D eigenvalue weighted by molar-refractivity contribution is 5.94. The number of hydrogen-bond donors (Lipinski definition) is 0. The maximum atomic E-state index is 11.8. The van der Waals surface area contributed by atoms with Crippen molar-refractivity contribution in [1.82, 2.24) is 0 Å². The Balaban J connectivity index is 2.09. The van der Waals surface area contributed by atoms with Gasteiger partial charge in [0.25, 0.3) is 0 Å². The number of allylic oxidation sites excluding steroid dienone is 1. The van der Waals surface area contributed by atoms with E-state index in [1.807, 2.05) is 0 Å². The predicted octanol–water partition coefficient (Wildman–Crippen LogP) is 5.56. The fourth-order valence-corrected chi connectivity index (χ4v) is 3.24. The molecule has 0 amide bonds. The second-order valence-corrected chi connectivity index (χ2v) is 6.80. The van der Waals surface area contributed by atoms with Gasteiger partial charge in [0.1, 0.15) is 0 Å². The van der Waals surface area contributed by atoms with Gasteiger partial charge >= 0.3 is 0 Å². The topological polar surface area (TPSA) is 23.6 Å². The lowest BCUT2D eigenvalue weighted by Crippen LogP contribution is -2.25. The minimum Gasteiger partial charge on any atom is -0.372 e. The number of hydrogen-bond acceptors (Lipinski definition) is 3. The molecular weight excluding hydrogens is 332 g/mol. The van der Waals surface area contributed by atoms with Gasteiger partial charge in [-0.05, 0) is 68.7 Å². The summed E-state index contributed by atoms with van der Waals surface area (Å²) in [4.78, 5) is 16.4. The molecule has 0 aliphatic heterocycles. The van der Waals surface area contributed by atoms with Gasteiger partial charge in [0, 0.05) is 44.0 Å². The highest BCUT2D eigenvalue weighted by atomic mass is 16.1. The van der Waals surface area contributed by atoms with Crippen LogP contribution in [-0.4, -0.2) is 32.0 Å². The van der Waals surface area contributed by atoms with Gasteiger partial charge in [0.2, 0.25) is 0 Å². The molecule has 27 heavy (non-hydrogen) atoms. The molecule has 0 unspecified atom stereocenters.